The molecule has 0 aliphatic heterocycles. The molecular formula is C15H21ClFNO. The van der Waals surface area contributed by atoms with Crippen LogP contribution in [0.15, 0.2) is 18.2 Å². The van der Waals surface area contributed by atoms with Crippen LogP contribution in [0.3, 0.4) is 0 Å². The molecule has 4 heteroatoms. The van der Waals surface area contributed by atoms with Crippen molar-refractivity contribution in [3.8, 4) is 0 Å². The smallest absolute Gasteiger partial charge is 0.141 e. The number of hydrogen-bond donors (Lipinski definition) is 1. The zero-order valence-corrected chi connectivity index (χ0v) is 12.0. The Kier molecular flexibility index (Phi) is 5.61. The molecule has 106 valence electrons. The van der Waals surface area contributed by atoms with E-state index >= 15 is 0 Å². The van der Waals surface area contributed by atoms with Crippen LogP contribution in [0, 0.1) is 5.82 Å². The van der Waals surface area contributed by atoms with E-state index in [1.54, 1.807) is 12.1 Å². The van der Waals surface area contributed by atoms with E-state index in [1.165, 1.54) is 31.7 Å². The summed E-state index contributed by atoms with van der Waals surface area (Å²) in [6.07, 6.45) is 5.44. The van der Waals surface area contributed by atoms with Crippen LogP contribution >= 0.6 is 11.6 Å². The molecule has 1 fully saturated rings. The fourth-order valence-electron chi connectivity index (χ4n) is 2.46. The summed E-state index contributed by atoms with van der Waals surface area (Å²) in [6, 6.07) is 4.99. The highest BCUT2D eigenvalue weighted by atomic mass is 35.5. The zero-order valence-electron chi connectivity index (χ0n) is 11.3. The van der Waals surface area contributed by atoms with Crippen LogP contribution in [0.2, 0.25) is 5.02 Å². The third kappa shape index (κ3) is 4.44. The molecule has 0 bridgehead atoms. The van der Waals surface area contributed by atoms with Crippen LogP contribution in [0.4, 0.5) is 4.39 Å². The van der Waals surface area contributed by atoms with Gasteiger partial charge >= 0.3 is 0 Å². The number of nitrogens with one attached hydrogen (secondary N) is 1. The Balaban J connectivity index is 1.71. The Labute approximate surface area is 119 Å². The third-order valence-electron chi connectivity index (χ3n) is 3.65. The fraction of sp³-hybridized carbons (Fsp3) is 0.600. The zero-order chi connectivity index (χ0) is 13.7. The SMILES string of the molecule is CC(NCCOC1CCCC1)c1ccc(F)c(Cl)c1. The molecule has 0 amide bonds. The van der Waals surface area contributed by atoms with E-state index in [1.807, 2.05) is 6.92 Å². The van der Waals surface area contributed by atoms with E-state index < -0.39 is 0 Å². The highest BCUT2D eigenvalue weighted by Crippen LogP contribution is 2.21. The maximum absolute atomic E-state index is 13.1. The van der Waals surface area contributed by atoms with Gasteiger partial charge in [0.15, 0.2) is 0 Å². The molecule has 1 atom stereocenters. The molecule has 1 aliphatic rings. The predicted octanol–water partition coefficient (Wildman–Crippen LogP) is 4.09. The van der Waals surface area contributed by atoms with E-state index in [2.05, 4.69) is 5.32 Å². The number of benzene rings is 1. The van der Waals surface area contributed by atoms with Gasteiger partial charge in [0.05, 0.1) is 17.7 Å². The van der Waals surface area contributed by atoms with Crippen molar-refractivity contribution in [2.24, 2.45) is 0 Å². The van der Waals surface area contributed by atoms with Crippen molar-refractivity contribution >= 4 is 11.6 Å². The highest BCUT2D eigenvalue weighted by molar-refractivity contribution is 6.30. The first-order chi connectivity index (χ1) is 9.16. The van der Waals surface area contributed by atoms with Crippen LogP contribution < -0.4 is 5.32 Å². The van der Waals surface area contributed by atoms with Crippen molar-refractivity contribution in [1.82, 2.24) is 5.32 Å². The summed E-state index contributed by atoms with van der Waals surface area (Å²) in [4.78, 5) is 0. The van der Waals surface area contributed by atoms with Gasteiger partial charge in [0.2, 0.25) is 0 Å². The molecule has 2 rings (SSSR count). The summed E-state index contributed by atoms with van der Waals surface area (Å²) in [5.74, 6) is -0.373. The minimum Gasteiger partial charge on any atom is -0.377 e. The minimum absolute atomic E-state index is 0.144. The first-order valence-electron chi connectivity index (χ1n) is 6.97. The monoisotopic (exact) mass is 285 g/mol. The predicted molar refractivity (Wildman–Crippen MR) is 76.0 cm³/mol. The molecule has 0 radical (unpaired) electrons. The molecular weight excluding hydrogens is 265 g/mol. The molecule has 2 nitrogen and oxygen atoms in total. The van der Waals surface area contributed by atoms with Gasteiger partial charge in [-0.05, 0) is 37.5 Å². The quantitative estimate of drug-likeness (QED) is 0.795. The summed E-state index contributed by atoms with van der Waals surface area (Å²) in [6.45, 7) is 3.57. The first-order valence-corrected chi connectivity index (χ1v) is 7.34. The maximum Gasteiger partial charge on any atom is 0.141 e. The fourth-order valence-corrected chi connectivity index (χ4v) is 2.64. The number of hydrogen-bond acceptors (Lipinski definition) is 2. The van der Waals surface area contributed by atoms with E-state index in [0.717, 1.165) is 18.7 Å². The number of rotatable bonds is 6. The molecule has 0 aromatic heterocycles. The lowest BCUT2D eigenvalue weighted by molar-refractivity contribution is 0.0593. The van der Waals surface area contributed by atoms with Gasteiger partial charge in [-0.1, -0.05) is 30.5 Å². The summed E-state index contributed by atoms with van der Waals surface area (Å²) in [5.41, 5.74) is 0.993. The van der Waals surface area contributed by atoms with E-state index in [0.29, 0.717) is 6.10 Å². The molecule has 19 heavy (non-hydrogen) atoms. The van der Waals surface area contributed by atoms with Gasteiger partial charge in [0.25, 0.3) is 0 Å². The van der Waals surface area contributed by atoms with Gasteiger partial charge in [-0.15, -0.1) is 0 Å². The van der Waals surface area contributed by atoms with Crippen LogP contribution in [-0.2, 0) is 4.74 Å². The average molecular weight is 286 g/mol. The molecule has 1 aromatic rings. The Morgan fingerprint density at radius 1 is 1.42 bits per heavy atom. The number of ether oxygens (including phenoxy) is 1. The molecule has 1 aromatic carbocycles. The van der Waals surface area contributed by atoms with Crippen LogP contribution in [-0.4, -0.2) is 19.3 Å². The largest absolute Gasteiger partial charge is 0.377 e. The first kappa shape index (κ1) is 14.8. The molecule has 0 spiro atoms. The highest BCUT2D eigenvalue weighted by Gasteiger charge is 2.15. The van der Waals surface area contributed by atoms with Crippen molar-refractivity contribution in [3.05, 3.63) is 34.6 Å². The van der Waals surface area contributed by atoms with Gasteiger partial charge in [0, 0.05) is 12.6 Å². The normalized spacial score (nSPS) is 17.8. The van der Waals surface area contributed by atoms with Crippen LogP contribution in [0.5, 0.6) is 0 Å². The Hall–Kier alpha value is -0.640. The van der Waals surface area contributed by atoms with Crippen LogP contribution in [0.1, 0.15) is 44.2 Å². The topological polar surface area (TPSA) is 21.3 Å². The van der Waals surface area contributed by atoms with E-state index in [-0.39, 0.29) is 16.9 Å². The average Bonchev–Trinajstić information content (AvgIpc) is 2.91. The second-order valence-corrected chi connectivity index (χ2v) is 5.53. The van der Waals surface area contributed by atoms with Crippen molar-refractivity contribution < 1.29 is 9.13 Å². The van der Waals surface area contributed by atoms with Crippen molar-refractivity contribution in [2.75, 3.05) is 13.2 Å². The van der Waals surface area contributed by atoms with E-state index in [9.17, 15) is 4.39 Å². The lowest BCUT2D eigenvalue weighted by Crippen LogP contribution is -2.25. The Morgan fingerprint density at radius 2 is 2.16 bits per heavy atom. The van der Waals surface area contributed by atoms with Gasteiger partial charge in [-0.25, -0.2) is 4.39 Å². The minimum atomic E-state index is -0.373. The van der Waals surface area contributed by atoms with Crippen molar-refractivity contribution in [3.63, 3.8) is 0 Å². The standard InChI is InChI=1S/C15H21ClFNO/c1-11(12-6-7-15(17)14(16)10-12)18-8-9-19-13-4-2-3-5-13/h6-7,10-11,13,18H,2-5,8-9H2,1H3. The second kappa shape index (κ2) is 7.22. The molecule has 1 unspecified atom stereocenters. The molecule has 1 N–H and O–H groups in total. The summed E-state index contributed by atoms with van der Waals surface area (Å²) >= 11 is 5.78. The van der Waals surface area contributed by atoms with Gasteiger partial charge in [0.1, 0.15) is 5.82 Å². The van der Waals surface area contributed by atoms with Gasteiger partial charge < -0.3 is 10.1 Å². The molecule has 0 saturated heterocycles. The molecule has 1 saturated carbocycles. The molecule has 0 heterocycles. The van der Waals surface area contributed by atoms with Gasteiger partial charge in [-0.2, -0.15) is 0 Å². The maximum atomic E-state index is 13.1. The third-order valence-corrected chi connectivity index (χ3v) is 3.94. The van der Waals surface area contributed by atoms with Crippen molar-refractivity contribution in [1.29, 1.82) is 0 Å². The lowest BCUT2D eigenvalue weighted by atomic mass is 10.1. The summed E-state index contributed by atoms with van der Waals surface area (Å²) < 4.78 is 18.9. The van der Waals surface area contributed by atoms with Crippen molar-refractivity contribution in [2.45, 2.75) is 44.8 Å². The molecule has 1 aliphatic carbocycles. The second-order valence-electron chi connectivity index (χ2n) is 5.13. The Morgan fingerprint density at radius 3 is 2.84 bits per heavy atom. The summed E-state index contributed by atoms with van der Waals surface area (Å²) in [7, 11) is 0. The summed E-state index contributed by atoms with van der Waals surface area (Å²) in [5, 5.41) is 3.54. The van der Waals surface area contributed by atoms with Gasteiger partial charge in [-0.3, -0.25) is 0 Å². The Bertz CT molecular complexity index is 407. The van der Waals surface area contributed by atoms with Crippen LogP contribution in [0.25, 0.3) is 0 Å². The van der Waals surface area contributed by atoms with E-state index in [4.69, 9.17) is 16.3 Å². The number of halogens is 2. The lowest BCUT2D eigenvalue weighted by Gasteiger charge is -2.16.